The van der Waals surface area contributed by atoms with Gasteiger partial charge in [-0.15, -0.1) is 0 Å². The number of piperidine rings is 1. The van der Waals surface area contributed by atoms with E-state index < -0.39 is 0 Å². The lowest BCUT2D eigenvalue weighted by molar-refractivity contribution is 0.0709. The summed E-state index contributed by atoms with van der Waals surface area (Å²) in [7, 11) is 0. The second-order valence-electron chi connectivity index (χ2n) is 7.31. The van der Waals surface area contributed by atoms with Crippen molar-refractivity contribution in [2.75, 3.05) is 13.1 Å². The number of fused-ring (bicyclic) bond motifs is 2. The Kier molecular flexibility index (Phi) is 3.17. The summed E-state index contributed by atoms with van der Waals surface area (Å²) in [5, 5.41) is 1.02. The van der Waals surface area contributed by atoms with Crippen molar-refractivity contribution in [2.24, 2.45) is 5.92 Å². The topological polar surface area (TPSA) is 33.2 Å². The minimum atomic E-state index is 0.123. The number of rotatable bonds is 2. The predicted octanol–water partition coefficient (Wildman–Crippen LogP) is 4.04. The van der Waals surface area contributed by atoms with Crippen molar-refractivity contribution in [3.05, 3.63) is 78.0 Å². The lowest BCUT2D eigenvalue weighted by atomic mass is 9.87. The highest BCUT2D eigenvalue weighted by molar-refractivity contribution is 6.05. The molecule has 0 radical (unpaired) electrons. The average molecular weight is 328 g/mol. The van der Waals surface area contributed by atoms with E-state index in [-0.39, 0.29) is 5.91 Å². The zero-order chi connectivity index (χ0) is 16.9. The van der Waals surface area contributed by atoms with Crippen LogP contribution in [0.2, 0.25) is 0 Å². The Morgan fingerprint density at radius 1 is 1.04 bits per heavy atom. The maximum Gasteiger partial charge on any atom is 0.256 e. The highest BCUT2D eigenvalue weighted by Gasteiger charge is 2.57. The maximum absolute atomic E-state index is 13.1. The second kappa shape index (κ2) is 5.41. The van der Waals surface area contributed by atoms with Crippen LogP contribution in [0, 0.1) is 5.92 Å². The molecule has 2 fully saturated rings. The average Bonchev–Trinajstić information content (AvgIpc) is 3.43. The third-order valence-corrected chi connectivity index (χ3v) is 6.00. The van der Waals surface area contributed by atoms with E-state index in [4.69, 9.17) is 0 Å². The summed E-state index contributed by atoms with van der Waals surface area (Å²) in [6.07, 6.45) is 4.02. The van der Waals surface area contributed by atoms with Crippen LogP contribution in [0.15, 0.2) is 66.9 Å². The van der Waals surface area contributed by atoms with Crippen LogP contribution >= 0.6 is 0 Å². The summed E-state index contributed by atoms with van der Waals surface area (Å²) in [6.45, 7) is 1.68. The molecular formula is C22H20N2O. The number of amides is 1. The van der Waals surface area contributed by atoms with Gasteiger partial charge in [-0.3, -0.25) is 9.78 Å². The van der Waals surface area contributed by atoms with Gasteiger partial charge in [0.1, 0.15) is 0 Å². The molecule has 25 heavy (non-hydrogen) atoms. The Labute approximate surface area is 147 Å². The molecule has 3 heteroatoms. The number of carbonyl (C=O) groups is 1. The Balaban J connectivity index is 1.40. The minimum Gasteiger partial charge on any atom is -0.338 e. The summed E-state index contributed by atoms with van der Waals surface area (Å²) in [5.74, 6) is 0.716. The van der Waals surface area contributed by atoms with Gasteiger partial charge in [-0.2, -0.15) is 0 Å². The molecular weight excluding hydrogens is 308 g/mol. The quantitative estimate of drug-likeness (QED) is 0.711. The number of hydrogen-bond acceptors (Lipinski definition) is 2. The number of hydrogen-bond donors (Lipinski definition) is 0. The van der Waals surface area contributed by atoms with E-state index in [9.17, 15) is 4.79 Å². The molecule has 2 unspecified atom stereocenters. The summed E-state index contributed by atoms with van der Waals surface area (Å²) in [5.41, 5.74) is 3.30. The monoisotopic (exact) mass is 328 g/mol. The first-order chi connectivity index (χ1) is 12.3. The van der Waals surface area contributed by atoms with Gasteiger partial charge in [0.05, 0.1) is 11.1 Å². The maximum atomic E-state index is 13.1. The third-order valence-electron chi connectivity index (χ3n) is 6.00. The van der Waals surface area contributed by atoms with Crippen molar-refractivity contribution in [3.63, 3.8) is 0 Å². The molecule has 1 aliphatic carbocycles. The molecule has 2 aromatic carbocycles. The van der Waals surface area contributed by atoms with Crippen molar-refractivity contribution in [1.82, 2.24) is 9.88 Å². The van der Waals surface area contributed by atoms with Gasteiger partial charge in [0.25, 0.3) is 5.91 Å². The van der Waals surface area contributed by atoms with E-state index in [1.54, 1.807) is 6.20 Å². The third kappa shape index (κ3) is 2.26. The fourth-order valence-corrected chi connectivity index (χ4v) is 4.52. The van der Waals surface area contributed by atoms with Gasteiger partial charge in [0, 0.05) is 30.1 Å². The molecule has 2 heterocycles. The number of benzene rings is 2. The van der Waals surface area contributed by atoms with Gasteiger partial charge in [0.15, 0.2) is 0 Å². The standard InChI is InChI=1S/C22H20N2O/c25-21(19-10-4-6-16-7-5-12-23-20(16)19)24-13-11-22(14-18(22)15-24)17-8-2-1-3-9-17/h1-10,12,18H,11,13-15H2. The molecule has 1 saturated heterocycles. The molecule has 2 atom stereocenters. The first-order valence-electron chi connectivity index (χ1n) is 8.96. The Hall–Kier alpha value is -2.68. The lowest BCUT2D eigenvalue weighted by Gasteiger charge is -2.32. The van der Waals surface area contributed by atoms with Gasteiger partial charge in [-0.25, -0.2) is 0 Å². The van der Waals surface area contributed by atoms with E-state index in [2.05, 4.69) is 35.3 Å². The lowest BCUT2D eigenvalue weighted by Crippen LogP contribution is -2.40. The van der Waals surface area contributed by atoms with Crippen LogP contribution in [0.4, 0.5) is 0 Å². The zero-order valence-electron chi connectivity index (χ0n) is 14.1. The number of nitrogens with zero attached hydrogens (tertiary/aromatic N) is 2. The molecule has 3 aromatic rings. The summed E-state index contributed by atoms with van der Waals surface area (Å²) in [4.78, 5) is 19.6. The molecule has 1 aliphatic heterocycles. The second-order valence-corrected chi connectivity index (χ2v) is 7.31. The number of carbonyl (C=O) groups excluding carboxylic acids is 1. The summed E-state index contributed by atoms with van der Waals surface area (Å²) < 4.78 is 0. The number of likely N-dealkylation sites (tertiary alicyclic amines) is 1. The van der Waals surface area contributed by atoms with Crippen LogP contribution in [0.5, 0.6) is 0 Å². The molecule has 5 rings (SSSR count). The van der Waals surface area contributed by atoms with Gasteiger partial charge < -0.3 is 4.90 Å². The van der Waals surface area contributed by atoms with Crippen molar-refractivity contribution in [2.45, 2.75) is 18.3 Å². The normalized spacial score (nSPS) is 24.8. The van der Waals surface area contributed by atoms with E-state index in [1.807, 2.05) is 35.2 Å². The SMILES string of the molecule is O=C(c1cccc2cccnc12)N1CCC2(c3ccccc3)CC2C1. The zero-order valence-corrected chi connectivity index (χ0v) is 14.1. The van der Waals surface area contributed by atoms with Gasteiger partial charge in [0.2, 0.25) is 0 Å². The fourth-order valence-electron chi connectivity index (χ4n) is 4.52. The summed E-state index contributed by atoms with van der Waals surface area (Å²) in [6, 6.07) is 20.6. The first kappa shape index (κ1) is 14.6. The van der Waals surface area contributed by atoms with Crippen molar-refractivity contribution in [3.8, 4) is 0 Å². The van der Waals surface area contributed by atoms with Crippen molar-refractivity contribution < 1.29 is 4.79 Å². The van der Waals surface area contributed by atoms with Crippen LogP contribution < -0.4 is 0 Å². The highest BCUT2D eigenvalue weighted by Crippen LogP contribution is 2.59. The van der Waals surface area contributed by atoms with Crippen molar-refractivity contribution in [1.29, 1.82) is 0 Å². The van der Waals surface area contributed by atoms with Crippen LogP contribution in [0.3, 0.4) is 0 Å². The highest BCUT2D eigenvalue weighted by atomic mass is 16.2. The first-order valence-corrected chi connectivity index (χ1v) is 8.96. The van der Waals surface area contributed by atoms with Crippen molar-refractivity contribution >= 4 is 16.8 Å². The largest absolute Gasteiger partial charge is 0.338 e. The molecule has 124 valence electrons. The van der Waals surface area contributed by atoms with Crippen LogP contribution in [0.1, 0.15) is 28.8 Å². The molecule has 0 N–H and O–H groups in total. The minimum absolute atomic E-state index is 0.123. The van der Waals surface area contributed by atoms with Gasteiger partial charge in [-0.1, -0.05) is 48.5 Å². The Bertz CT molecular complexity index is 947. The van der Waals surface area contributed by atoms with E-state index in [1.165, 1.54) is 12.0 Å². The number of aromatic nitrogens is 1. The van der Waals surface area contributed by atoms with E-state index in [0.717, 1.165) is 36.0 Å². The summed E-state index contributed by atoms with van der Waals surface area (Å²) >= 11 is 0. The Morgan fingerprint density at radius 3 is 2.72 bits per heavy atom. The van der Waals surface area contributed by atoms with Crippen LogP contribution in [0.25, 0.3) is 10.9 Å². The fraction of sp³-hybridized carbons (Fsp3) is 0.273. The van der Waals surface area contributed by atoms with Crippen LogP contribution in [-0.2, 0) is 5.41 Å². The Morgan fingerprint density at radius 2 is 1.88 bits per heavy atom. The molecule has 0 bridgehead atoms. The molecule has 3 nitrogen and oxygen atoms in total. The predicted molar refractivity (Wildman–Crippen MR) is 98.5 cm³/mol. The van der Waals surface area contributed by atoms with Crippen LogP contribution in [-0.4, -0.2) is 28.9 Å². The van der Waals surface area contributed by atoms with Gasteiger partial charge >= 0.3 is 0 Å². The van der Waals surface area contributed by atoms with Gasteiger partial charge in [-0.05, 0) is 36.5 Å². The molecule has 1 aromatic heterocycles. The molecule has 1 amide bonds. The smallest absolute Gasteiger partial charge is 0.256 e. The van der Waals surface area contributed by atoms with E-state index in [0.29, 0.717) is 11.3 Å². The van der Waals surface area contributed by atoms with E-state index >= 15 is 0 Å². The molecule has 1 saturated carbocycles. The number of pyridine rings is 1. The number of para-hydroxylation sites is 1. The molecule has 2 aliphatic rings. The molecule has 0 spiro atoms.